The highest BCUT2D eigenvalue weighted by Gasteiger charge is 2.21. The molecule has 0 atom stereocenters. The van der Waals surface area contributed by atoms with E-state index in [-0.39, 0.29) is 23.2 Å². The molecule has 0 spiro atoms. The Labute approximate surface area is 122 Å². The van der Waals surface area contributed by atoms with Crippen molar-refractivity contribution in [3.8, 4) is 5.75 Å². The van der Waals surface area contributed by atoms with E-state index < -0.39 is 0 Å². The van der Waals surface area contributed by atoms with Gasteiger partial charge < -0.3 is 4.74 Å². The number of Topliss-reactive ketones (excluding diaryl/α,β-unsaturated/α-hetero) is 1. The summed E-state index contributed by atoms with van der Waals surface area (Å²) < 4.78 is 5.52. The quantitative estimate of drug-likeness (QED) is 0.792. The summed E-state index contributed by atoms with van der Waals surface area (Å²) in [5, 5.41) is 0. The van der Waals surface area contributed by atoms with E-state index in [1.807, 2.05) is 45.0 Å². The fourth-order valence-electron chi connectivity index (χ4n) is 1.39. The minimum absolute atomic E-state index is 0.106. The van der Waals surface area contributed by atoms with E-state index in [4.69, 9.17) is 4.74 Å². The lowest BCUT2D eigenvalue weighted by atomic mass is 9.91. The van der Waals surface area contributed by atoms with Crippen LogP contribution in [-0.4, -0.2) is 12.4 Å². The highest BCUT2D eigenvalue weighted by molar-refractivity contribution is 5.85. The van der Waals surface area contributed by atoms with Gasteiger partial charge in [0.15, 0.2) is 5.78 Å². The number of hydrogen-bond acceptors (Lipinski definition) is 2. The van der Waals surface area contributed by atoms with Gasteiger partial charge in [-0.3, -0.25) is 4.79 Å². The van der Waals surface area contributed by atoms with Crippen molar-refractivity contribution >= 4 is 11.9 Å². The van der Waals surface area contributed by atoms with Crippen molar-refractivity contribution in [2.24, 2.45) is 10.8 Å². The van der Waals surface area contributed by atoms with Crippen LogP contribution in [0.3, 0.4) is 0 Å². The molecule has 0 saturated heterocycles. The van der Waals surface area contributed by atoms with Gasteiger partial charge in [0.25, 0.3) is 0 Å². The smallest absolute Gasteiger partial charge is 0.175 e. The second-order valence-corrected chi connectivity index (χ2v) is 7.23. The van der Waals surface area contributed by atoms with Gasteiger partial charge in [0.1, 0.15) is 12.4 Å². The Morgan fingerprint density at radius 2 is 1.60 bits per heavy atom. The maximum atomic E-state index is 11.8. The number of allylic oxidation sites excluding steroid dienone is 1. The first-order chi connectivity index (χ1) is 9.08. The van der Waals surface area contributed by atoms with E-state index in [0.717, 1.165) is 11.3 Å². The van der Waals surface area contributed by atoms with Crippen LogP contribution in [-0.2, 0) is 4.79 Å². The standard InChI is InChI=1S/C18H26O2/c1-17(2,3)12-11-14-7-9-15(10-8-14)20-13-16(19)18(4,5)6/h7-12H,13H2,1-6H3/b12-11+. The highest BCUT2D eigenvalue weighted by Crippen LogP contribution is 2.20. The third-order valence-electron chi connectivity index (χ3n) is 2.86. The zero-order valence-electron chi connectivity index (χ0n) is 13.5. The molecule has 0 aliphatic carbocycles. The SMILES string of the molecule is CC(C)(C)/C=C/c1ccc(OCC(=O)C(C)(C)C)cc1. The Kier molecular flexibility index (Phi) is 5.15. The Balaban J connectivity index is 2.60. The molecule has 0 heterocycles. The van der Waals surface area contributed by atoms with E-state index in [0.29, 0.717) is 0 Å². The van der Waals surface area contributed by atoms with Crippen LogP contribution in [0.1, 0.15) is 47.1 Å². The first-order valence-electron chi connectivity index (χ1n) is 7.03. The van der Waals surface area contributed by atoms with Gasteiger partial charge in [0.2, 0.25) is 0 Å². The van der Waals surface area contributed by atoms with Crippen molar-refractivity contribution in [2.45, 2.75) is 41.5 Å². The summed E-state index contributed by atoms with van der Waals surface area (Å²) in [6.45, 7) is 12.3. The summed E-state index contributed by atoms with van der Waals surface area (Å²) in [6, 6.07) is 7.80. The van der Waals surface area contributed by atoms with Crippen LogP contribution >= 0.6 is 0 Å². The highest BCUT2D eigenvalue weighted by atomic mass is 16.5. The fraction of sp³-hybridized carbons (Fsp3) is 0.500. The van der Waals surface area contributed by atoms with Gasteiger partial charge >= 0.3 is 0 Å². The molecule has 1 rings (SSSR count). The number of rotatable bonds is 4. The monoisotopic (exact) mass is 274 g/mol. The van der Waals surface area contributed by atoms with Crippen LogP contribution in [0, 0.1) is 10.8 Å². The predicted octanol–water partition coefficient (Wildman–Crippen LogP) is 4.74. The zero-order valence-corrected chi connectivity index (χ0v) is 13.5. The van der Waals surface area contributed by atoms with Gasteiger partial charge in [0, 0.05) is 5.41 Å². The lowest BCUT2D eigenvalue weighted by Crippen LogP contribution is -2.26. The number of benzene rings is 1. The number of hydrogen-bond donors (Lipinski definition) is 0. The van der Waals surface area contributed by atoms with Crippen LogP contribution in [0.4, 0.5) is 0 Å². The molecular formula is C18H26O2. The molecule has 0 N–H and O–H groups in total. The Bertz CT molecular complexity index is 468. The molecule has 110 valence electrons. The molecule has 0 saturated carbocycles. The average Bonchev–Trinajstić information content (AvgIpc) is 2.32. The first-order valence-corrected chi connectivity index (χ1v) is 7.03. The molecule has 0 aromatic heterocycles. The number of ketones is 1. The molecule has 0 unspecified atom stereocenters. The molecule has 1 aromatic rings. The van der Waals surface area contributed by atoms with Gasteiger partial charge in [0.05, 0.1) is 0 Å². The third-order valence-corrected chi connectivity index (χ3v) is 2.86. The maximum Gasteiger partial charge on any atom is 0.175 e. The lowest BCUT2D eigenvalue weighted by Gasteiger charge is -2.16. The Hall–Kier alpha value is -1.57. The van der Waals surface area contributed by atoms with Crippen molar-refractivity contribution in [3.63, 3.8) is 0 Å². The van der Waals surface area contributed by atoms with Gasteiger partial charge in [-0.1, -0.05) is 65.8 Å². The van der Waals surface area contributed by atoms with E-state index in [1.165, 1.54) is 0 Å². The van der Waals surface area contributed by atoms with Crippen molar-refractivity contribution in [2.75, 3.05) is 6.61 Å². The minimum atomic E-state index is -0.352. The molecule has 0 bridgehead atoms. The van der Waals surface area contributed by atoms with Crippen molar-refractivity contribution < 1.29 is 9.53 Å². The van der Waals surface area contributed by atoms with Gasteiger partial charge in [-0.05, 0) is 23.1 Å². The van der Waals surface area contributed by atoms with Crippen LogP contribution in [0.25, 0.3) is 6.08 Å². The Morgan fingerprint density at radius 3 is 2.05 bits per heavy atom. The summed E-state index contributed by atoms with van der Waals surface area (Å²) in [5.41, 5.74) is 0.957. The summed E-state index contributed by atoms with van der Waals surface area (Å²) in [4.78, 5) is 11.8. The molecule has 0 aliphatic rings. The molecule has 20 heavy (non-hydrogen) atoms. The molecule has 0 radical (unpaired) electrons. The number of ether oxygens (including phenoxy) is 1. The molecule has 1 aromatic carbocycles. The number of carbonyl (C=O) groups excluding carboxylic acids is 1. The predicted molar refractivity (Wildman–Crippen MR) is 84.9 cm³/mol. The lowest BCUT2D eigenvalue weighted by molar-refractivity contribution is -0.128. The van der Waals surface area contributed by atoms with Crippen molar-refractivity contribution in [3.05, 3.63) is 35.9 Å². The topological polar surface area (TPSA) is 26.3 Å². The van der Waals surface area contributed by atoms with E-state index in [1.54, 1.807) is 0 Å². The van der Waals surface area contributed by atoms with Gasteiger partial charge in [-0.15, -0.1) is 0 Å². The molecule has 0 aliphatic heterocycles. The van der Waals surface area contributed by atoms with Crippen molar-refractivity contribution in [1.29, 1.82) is 0 Å². The van der Waals surface area contributed by atoms with E-state index in [9.17, 15) is 4.79 Å². The Morgan fingerprint density at radius 1 is 1.05 bits per heavy atom. The normalized spacial score (nSPS) is 12.7. The summed E-state index contributed by atoms with van der Waals surface area (Å²) >= 11 is 0. The van der Waals surface area contributed by atoms with Crippen LogP contribution < -0.4 is 4.74 Å². The zero-order chi connectivity index (χ0) is 15.4. The third kappa shape index (κ3) is 6.05. The summed E-state index contributed by atoms with van der Waals surface area (Å²) in [6.07, 6.45) is 4.27. The number of carbonyl (C=O) groups is 1. The van der Waals surface area contributed by atoms with Crippen LogP contribution in [0.5, 0.6) is 5.75 Å². The summed E-state index contributed by atoms with van der Waals surface area (Å²) in [5.74, 6) is 0.838. The largest absolute Gasteiger partial charge is 0.486 e. The van der Waals surface area contributed by atoms with Crippen LogP contribution in [0.15, 0.2) is 30.3 Å². The molecular weight excluding hydrogens is 248 g/mol. The van der Waals surface area contributed by atoms with Gasteiger partial charge in [-0.2, -0.15) is 0 Å². The molecule has 2 nitrogen and oxygen atoms in total. The molecule has 0 fully saturated rings. The van der Waals surface area contributed by atoms with Crippen molar-refractivity contribution in [1.82, 2.24) is 0 Å². The second kappa shape index (κ2) is 6.25. The van der Waals surface area contributed by atoms with Crippen LogP contribution in [0.2, 0.25) is 0 Å². The van der Waals surface area contributed by atoms with E-state index in [2.05, 4.69) is 32.9 Å². The molecule has 0 amide bonds. The fourth-order valence-corrected chi connectivity index (χ4v) is 1.39. The first kappa shape index (κ1) is 16.5. The van der Waals surface area contributed by atoms with Gasteiger partial charge in [-0.25, -0.2) is 0 Å². The minimum Gasteiger partial charge on any atom is -0.486 e. The van der Waals surface area contributed by atoms with E-state index >= 15 is 0 Å². The average molecular weight is 274 g/mol. The summed E-state index contributed by atoms with van der Waals surface area (Å²) in [7, 11) is 0. The second-order valence-electron chi connectivity index (χ2n) is 7.23. The maximum absolute atomic E-state index is 11.8. The molecule has 2 heteroatoms.